The Morgan fingerprint density at radius 2 is 1.85 bits per heavy atom. The van der Waals surface area contributed by atoms with Gasteiger partial charge < -0.3 is 11.2 Å². The van der Waals surface area contributed by atoms with Gasteiger partial charge in [-0.2, -0.15) is 0 Å². The van der Waals surface area contributed by atoms with Gasteiger partial charge in [0, 0.05) is 16.6 Å². The molecule has 8 heteroatoms. The van der Waals surface area contributed by atoms with Crippen LogP contribution in [0.5, 0.6) is 0 Å². The minimum Gasteiger partial charge on any atom is -0.355 e. The van der Waals surface area contributed by atoms with Crippen LogP contribution in [-0.2, 0) is 11.2 Å². The molecule has 0 aliphatic rings. The third-order valence-electron chi connectivity index (χ3n) is 3.92. The number of nitrogens with two attached hydrogens (primary N) is 1. The van der Waals surface area contributed by atoms with Gasteiger partial charge in [0.25, 0.3) is 0 Å². The van der Waals surface area contributed by atoms with Gasteiger partial charge in [0.1, 0.15) is 0 Å². The van der Waals surface area contributed by atoms with E-state index in [1.807, 2.05) is 42.5 Å². The molecule has 0 bridgehead atoms. The van der Waals surface area contributed by atoms with Gasteiger partial charge in [-0.05, 0) is 30.5 Å². The highest BCUT2D eigenvalue weighted by Gasteiger charge is 2.15. The standard InChI is InChI=1S/C19H20BrN5OS/c20-16-11-5-4-10-15(16)18-23-24-19(25(18)21)27-13-17(26)22-12-6-9-14-7-2-1-3-8-14/h1-5,7-8,10-11H,6,9,12-13,21H2,(H,22,26). The van der Waals surface area contributed by atoms with Crippen LogP contribution in [0.4, 0.5) is 0 Å². The van der Waals surface area contributed by atoms with Gasteiger partial charge in [-0.15, -0.1) is 10.2 Å². The number of thioether (sulfide) groups is 1. The third kappa shape index (κ3) is 5.33. The van der Waals surface area contributed by atoms with E-state index in [-0.39, 0.29) is 11.7 Å². The topological polar surface area (TPSA) is 85.8 Å². The summed E-state index contributed by atoms with van der Waals surface area (Å²) < 4.78 is 2.30. The number of carbonyl (C=O) groups is 1. The van der Waals surface area contributed by atoms with Gasteiger partial charge in [0.15, 0.2) is 5.82 Å². The van der Waals surface area contributed by atoms with E-state index in [2.05, 4.69) is 43.6 Å². The van der Waals surface area contributed by atoms with Crippen LogP contribution in [0.15, 0.2) is 64.2 Å². The van der Waals surface area contributed by atoms with Crippen molar-refractivity contribution in [3.05, 3.63) is 64.6 Å². The molecule has 3 N–H and O–H groups in total. The molecule has 0 spiro atoms. The van der Waals surface area contributed by atoms with Gasteiger partial charge in [0.05, 0.1) is 5.75 Å². The fraction of sp³-hybridized carbons (Fsp3) is 0.211. The van der Waals surface area contributed by atoms with Crippen molar-refractivity contribution < 1.29 is 4.79 Å². The summed E-state index contributed by atoms with van der Waals surface area (Å²) in [5.74, 6) is 6.85. The second-order valence-corrected chi connectivity index (χ2v) is 7.68. The summed E-state index contributed by atoms with van der Waals surface area (Å²) in [7, 11) is 0. The molecule has 0 radical (unpaired) electrons. The van der Waals surface area contributed by atoms with Crippen molar-refractivity contribution in [2.75, 3.05) is 18.1 Å². The molecular weight excluding hydrogens is 426 g/mol. The van der Waals surface area contributed by atoms with Crippen LogP contribution in [0.1, 0.15) is 12.0 Å². The molecule has 0 aliphatic heterocycles. The van der Waals surface area contributed by atoms with E-state index in [4.69, 9.17) is 5.84 Å². The number of nitrogens with one attached hydrogen (secondary N) is 1. The first kappa shape index (κ1) is 19.4. The van der Waals surface area contributed by atoms with Crippen LogP contribution in [0.2, 0.25) is 0 Å². The number of nitrogen functional groups attached to an aromatic ring is 1. The first-order valence-electron chi connectivity index (χ1n) is 8.54. The average Bonchev–Trinajstić information content (AvgIpc) is 3.05. The molecule has 6 nitrogen and oxygen atoms in total. The first-order valence-corrected chi connectivity index (χ1v) is 10.3. The summed E-state index contributed by atoms with van der Waals surface area (Å²) in [6, 6.07) is 17.9. The number of aromatic nitrogens is 3. The van der Waals surface area contributed by atoms with Crippen LogP contribution >= 0.6 is 27.7 Å². The Morgan fingerprint density at radius 3 is 2.63 bits per heavy atom. The van der Waals surface area contributed by atoms with Crippen LogP contribution in [0, 0.1) is 0 Å². The molecule has 0 saturated carbocycles. The summed E-state index contributed by atoms with van der Waals surface area (Å²) >= 11 is 4.75. The number of halogens is 1. The zero-order valence-corrected chi connectivity index (χ0v) is 17.0. The lowest BCUT2D eigenvalue weighted by molar-refractivity contribution is -0.118. The molecule has 1 amide bonds. The van der Waals surface area contributed by atoms with Crippen LogP contribution in [0.25, 0.3) is 11.4 Å². The number of carbonyl (C=O) groups excluding carboxylic acids is 1. The van der Waals surface area contributed by atoms with Crippen LogP contribution in [-0.4, -0.2) is 33.1 Å². The highest BCUT2D eigenvalue weighted by molar-refractivity contribution is 9.10. The number of rotatable bonds is 8. The summed E-state index contributed by atoms with van der Waals surface area (Å²) in [6.45, 7) is 0.645. The quantitative estimate of drug-likeness (QED) is 0.315. The van der Waals surface area contributed by atoms with Gasteiger partial charge in [-0.3, -0.25) is 4.79 Å². The Balaban J connectivity index is 1.46. The van der Waals surface area contributed by atoms with Crippen molar-refractivity contribution in [2.24, 2.45) is 0 Å². The van der Waals surface area contributed by atoms with E-state index in [1.165, 1.54) is 22.0 Å². The second-order valence-electron chi connectivity index (χ2n) is 5.88. The monoisotopic (exact) mass is 445 g/mol. The van der Waals surface area contributed by atoms with Crippen molar-refractivity contribution in [2.45, 2.75) is 18.0 Å². The molecule has 3 rings (SSSR count). The van der Waals surface area contributed by atoms with E-state index in [0.29, 0.717) is 17.5 Å². The van der Waals surface area contributed by atoms with E-state index in [9.17, 15) is 4.79 Å². The molecule has 0 atom stereocenters. The Labute approximate surface area is 170 Å². The van der Waals surface area contributed by atoms with E-state index in [1.54, 1.807) is 0 Å². The lowest BCUT2D eigenvalue weighted by Gasteiger charge is -2.06. The van der Waals surface area contributed by atoms with Crippen molar-refractivity contribution >= 4 is 33.6 Å². The van der Waals surface area contributed by atoms with Crippen molar-refractivity contribution in [1.82, 2.24) is 20.2 Å². The largest absolute Gasteiger partial charge is 0.355 e. The van der Waals surface area contributed by atoms with E-state index in [0.717, 1.165) is 22.9 Å². The van der Waals surface area contributed by atoms with Crippen molar-refractivity contribution in [1.29, 1.82) is 0 Å². The minimum absolute atomic E-state index is 0.0431. The smallest absolute Gasteiger partial charge is 0.230 e. The van der Waals surface area contributed by atoms with E-state index < -0.39 is 0 Å². The molecule has 0 aliphatic carbocycles. The number of aryl methyl sites for hydroxylation is 1. The summed E-state index contributed by atoms with van der Waals surface area (Å²) in [5, 5.41) is 11.7. The first-order chi connectivity index (χ1) is 13.1. The van der Waals surface area contributed by atoms with Crippen molar-refractivity contribution in [3.63, 3.8) is 0 Å². The zero-order valence-electron chi connectivity index (χ0n) is 14.6. The summed E-state index contributed by atoms with van der Waals surface area (Å²) in [4.78, 5) is 12.0. The summed E-state index contributed by atoms with van der Waals surface area (Å²) in [6.07, 6.45) is 1.85. The van der Waals surface area contributed by atoms with Gasteiger partial charge in [0.2, 0.25) is 11.1 Å². The van der Waals surface area contributed by atoms with Gasteiger partial charge in [-0.1, -0.05) is 70.2 Å². The highest BCUT2D eigenvalue weighted by Crippen LogP contribution is 2.27. The molecule has 140 valence electrons. The molecule has 0 saturated heterocycles. The normalized spacial score (nSPS) is 10.7. The third-order valence-corrected chi connectivity index (χ3v) is 5.55. The average molecular weight is 446 g/mol. The molecule has 2 aromatic carbocycles. The fourth-order valence-electron chi connectivity index (χ4n) is 2.55. The maximum Gasteiger partial charge on any atom is 0.230 e. The molecule has 0 fully saturated rings. The molecular formula is C19H20BrN5OS. The highest BCUT2D eigenvalue weighted by atomic mass is 79.9. The maximum absolute atomic E-state index is 12.0. The van der Waals surface area contributed by atoms with Gasteiger partial charge in [-0.25, -0.2) is 4.68 Å². The predicted octanol–water partition coefficient (Wildman–Crippen LogP) is 3.26. The number of benzene rings is 2. The van der Waals surface area contributed by atoms with Crippen LogP contribution in [0.3, 0.4) is 0 Å². The molecule has 27 heavy (non-hydrogen) atoms. The fourth-order valence-corrected chi connectivity index (χ4v) is 3.70. The number of amides is 1. The Morgan fingerprint density at radius 1 is 1.11 bits per heavy atom. The SMILES string of the molecule is Nn1c(SCC(=O)NCCCc2ccccc2)nnc1-c1ccccc1Br. The Bertz CT molecular complexity index is 900. The predicted molar refractivity (Wildman–Crippen MR) is 112 cm³/mol. The Kier molecular flexibility index (Phi) is 6.89. The van der Waals surface area contributed by atoms with E-state index >= 15 is 0 Å². The zero-order chi connectivity index (χ0) is 19.1. The summed E-state index contributed by atoms with van der Waals surface area (Å²) in [5.41, 5.74) is 2.13. The van der Waals surface area contributed by atoms with Crippen molar-refractivity contribution in [3.8, 4) is 11.4 Å². The van der Waals surface area contributed by atoms with Gasteiger partial charge >= 0.3 is 0 Å². The molecule has 1 aromatic heterocycles. The van der Waals surface area contributed by atoms with Crippen LogP contribution < -0.4 is 11.2 Å². The number of hydrogen-bond acceptors (Lipinski definition) is 5. The maximum atomic E-state index is 12.0. The second kappa shape index (κ2) is 9.57. The molecule has 1 heterocycles. The number of nitrogens with zero attached hydrogens (tertiary/aromatic N) is 3. The minimum atomic E-state index is -0.0431. The molecule has 3 aromatic rings. The number of hydrogen-bond donors (Lipinski definition) is 2. The lowest BCUT2D eigenvalue weighted by Crippen LogP contribution is -2.26. The Hall–Kier alpha value is -2.32. The lowest BCUT2D eigenvalue weighted by atomic mass is 10.1. The molecule has 0 unspecified atom stereocenters.